The molecule has 34 heavy (non-hydrogen) atoms. The maximum Gasteiger partial charge on any atom is 0.407 e. The van der Waals surface area contributed by atoms with Gasteiger partial charge in [-0.2, -0.15) is 0 Å². The van der Waals surface area contributed by atoms with E-state index in [-0.39, 0.29) is 25.0 Å². The van der Waals surface area contributed by atoms with Gasteiger partial charge in [0.15, 0.2) is 0 Å². The molecule has 0 heterocycles. The Hall–Kier alpha value is -3.88. The summed E-state index contributed by atoms with van der Waals surface area (Å²) < 4.78 is 5.42. The summed E-state index contributed by atoms with van der Waals surface area (Å²) in [5.74, 6) is -2.49. The van der Waals surface area contributed by atoms with Gasteiger partial charge in [-0.1, -0.05) is 55.5 Å². The fourth-order valence-electron chi connectivity index (χ4n) is 4.04. The molecule has 1 aliphatic carbocycles. The van der Waals surface area contributed by atoms with Crippen molar-refractivity contribution in [2.24, 2.45) is 0 Å². The van der Waals surface area contributed by atoms with Crippen LogP contribution in [0.4, 0.5) is 4.79 Å². The largest absolute Gasteiger partial charge is 0.481 e. The van der Waals surface area contributed by atoms with Crippen molar-refractivity contribution in [2.75, 3.05) is 26.7 Å². The van der Waals surface area contributed by atoms with Gasteiger partial charge in [-0.05, 0) is 28.7 Å². The van der Waals surface area contributed by atoms with Crippen LogP contribution in [0.5, 0.6) is 0 Å². The molecule has 3 rings (SSSR count). The van der Waals surface area contributed by atoms with Gasteiger partial charge in [0.05, 0.1) is 13.0 Å². The number of amides is 3. The van der Waals surface area contributed by atoms with E-state index in [0.29, 0.717) is 6.54 Å². The van der Waals surface area contributed by atoms with Crippen molar-refractivity contribution in [3.63, 3.8) is 0 Å². The average molecular weight is 468 g/mol. The molecule has 180 valence electrons. The van der Waals surface area contributed by atoms with E-state index >= 15 is 0 Å². The second kappa shape index (κ2) is 11.3. The van der Waals surface area contributed by atoms with E-state index in [1.807, 2.05) is 55.5 Å². The van der Waals surface area contributed by atoms with Crippen molar-refractivity contribution >= 4 is 23.9 Å². The first-order valence-corrected chi connectivity index (χ1v) is 11.2. The van der Waals surface area contributed by atoms with Crippen LogP contribution < -0.4 is 10.6 Å². The van der Waals surface area contributed by atoms with Gasteiger partial charge >= 0.3 is 12.1 Å². The van der Waals surface area contributed by atoms with Crippen molar-refractivity contribution in [3.05, 3.63) is 59.7 Å². The highest BCUT2D eigenvalue weighted by atomic mass is 16.5. The Kier molecular flexibility index (Phi) is 8.24. The topological polar surface area (TPSA) is 125 Å². The van der Waals surface area contributed by atoms with Gasteiger partial charge in [0.25, 0.3) is 0 Å². The van der Waals surface area contributed by atoms with Crippen LogP contribution in [0.1, 0.15) is 36.8 Å². The Morgan fingerprint density at radius 1 is 1.03 bits per heavy atom. The van der Waals surface area contributed by atoms with Crippen LogP contribution in [-0.4, -0.2) is 66.7 Å². The van der Waals surface area contributed by atoms with Crippen molar-refractivity contribution in [1.29, 1.82) is 0 Å². The third-order valence-electron chi connectivity index (χ3n) is 5.64. The normalized spacial score (nSPS) is 12.8. The standard InChI is InChI=1S/C25H29N3O6/c1-3-12-26-22(29)14-28(2)24(32)21(13-23(30)31)27-25(33)34-15-20-18-10-6-4-8-16(18)17-9-5-7-11-19(17)20/h4-11,20-21H,3,12-15H2,1-2H3,(H,26,29)(H,27,33)(H,30,31). The molecule has 0 radical (unpaired) electrons. The first-order valence-electron chi connectivity index (χ1n) is 11.2. The van der Waals surface area contributed by atoms with Crippen molar-refractivity contribution in [2.45, 2.75) is 31.7 Å². The second-order valence-electron chi connectivity index (χ2n) is 8.16. The molecule has 9 nitrogen and oxygen atoms in total. The number of nitrogens with one attached hydrogen (secondary N) is 2. The van der Waals surface area contributed by atoms with Gasteiger partial charge in [-0.15, -0.1) is 0 Å². The molecule has 1 unspecified atom stereocenters. The zero-order valence-electron chi connectivity index (χ0n) is 19.2. The van der Waals surface area contributed by atoms with Gasteiger partial charge in [0.2, 0.25) is 11.8 Å². The van der Waals surface area contributed by atoms with Crippen LogP contribution in [0.25, 0.3) is 11.1 Å². The summed E-state index contributed by atoms with van der Waals surface area (Å²) >= 11 is 0. The number of carboxylic acids is 1. The number of nitrogens with zero attached hydrogens (tertiary/aromatic N) is 1. The lowest BCUT2D eigenvalue weighted by Crippen LogP contribution is -2.50. The summed E-state index contributed by atoms with van der Waals surface area (Å²) in [6.45, 7) is 2.15. The van der Waals surface area contributed by atoms with Crippen LogP contribution in [0.3, 0.4) is 0 Å². The lowest BCUT2D eigenvalue weighted by Gasteiger charge is -2.23. The lowest BCUT2D eigenvalue weighted by molar-refractivity contribution is -0.142. The monoisotopic (exact) mass is 467 g/mol. The Balaban J connectivity index is 1.64. The second-order valence-corrected chi connectivity index (χ2v) is 8.16. The molecule has 0 bridgehead atoms. The SMILES string of the molecule is CCCNC(=O)CN(C)C(=O)C(CC(=O)O)NC(=O)OCC1c2ccccc2-c2ccccc21. The number of hydrogen-bond donors (Lipinski definition) is 3. The van der Waals surface area contributed by atoms with Crippen LogP contribution >= 0.6 is 0 Å². The van der Waals surface area contributed by atoms with E-state index in [4.69, 9.17) is 4.74 Å². The number of hydrogen-bond acceptors (Lipinski definition) is 5. The average Bonchev–Trinajstić information content (AvgIpc) is 3.14. The molecule has 3 N–H and O–H groups in total. The van der Waals surface area contributed by atoms with E-state index in [2.05, 4.69) is 10.6 Å². The molecule has 0 fully saturated rings. The number of carbonyl (C=O) groups excluding carboxylic acids is 3. The highest BCUT2D eigenvalue weighted by molar-refractivity contribution is 5.91. The highest BCUT2D eigenvalue weighted by Crippen LogP contribution is 2.44. The maximum atomic E-state index is 12.7. The Morgan fingerprint density at radius 3 is 2.18 bits per heavy atom. The lowest BCUT2D eigenvalue weighted by atomic mass is 9.98. The molecule has 0 spiro atoms. The summed E-state index contributed by atoms with van der Waals surface area (Å²) in [7, 11) is 1.38. The summed E-state index contributed by atoms with van der Waals surface area (Å²) in [6.07, 6.45) is -0.788. The quantitative estimate of drug-likeness (QED) is 0.493. The third-order valence-corrected chi connectivity index (χ3v) is 5.64. The molecule has 3 amide bonds. The number of fused-ring (bicyclic) bond motifs is 3. The molecule has 0 aliphatic heterocycles. The smallest absolute Gasteiger partial charge is 0.407 e. The molecular weight excluding hydrogens is 438 g/mol. The number of aliphatic carboxylic acids is 1. The van der Waals surface area contributed by atoms with Gasteiger partial charge in [0, 0.05) is 19.5 Å². The summed E-state index contributed by atoms with van der Waals surface area (Å²) in [5, 5.41) is 14.2. The molecule has 9 heteroatoms. The van der Waals surface area contributed by atoms with Crippen LogP contribution in [0, 0.1) is 0 Å². The minimum atomic E-state index is -1.36. The molecule has 1 aliphatic rings. The number of alkyl carbamates (subject to hydrolysis) is 1. The Labute approximate surface area is 198 Å². The van der Waals surface area contributed by atoms with E-state index in [0.717, 1.165) is 33.6 Å². The molecular formula is C25H29N3O6. The Morgan fingerprint density at radius 2 is 1.62 bits per heavy atom. The van der Waals surface area contributed by atoms with E-state index in [1.165, 1.54) is 7.05 Å². The van der Waals surface area contributed by atoms with Crippen molar-refractivity contribution in [1.82, 2.24) is 15.5 Å². The van der Waals surface area contributed by atoms with Crippen LogP contribution in [0.2, 0.25) is 0 Å². The van der Waals surface area contributed by atoms with Gasteiger partial charge < -0.3 is 25.4 Å². The summed E-state index contributed by atoms with van der Waals surface area (Å²) in [6, 6.07) is 14.4. The minimum Gasteiger partial charge on any atom is -0.481 e. The number of carbonyl (C=O) groups is 4. The molecule has 0 saturated carbocycles. The first kappa shape index (κ1) is 24.8. The predicted octanol–water partition coefficient (Wildman–Crippen LogP) is 2.35. The molecule has 2 aromatic carbocycles. The predicted molar refractivity (Wildman–Crippen MR) is 125 cm³/mol. The van der Waals surface area contributed by atoms with Gasteiger partial charge in [-0.25, -0.2) is 4.79 Å². The van der Waals surface area contributed by atoms with E-state index in [9.17, 15) is 24.3 Å². The minimum absolute atomic E-state index is 0.0309. The number of ether oxygens (including phenoxy) is 1. The van der Waals surface area contributed by atoms with Crippen LogP contribution in [-0.2, 0) is 19.1 Å². The van der Waals surface area contributed by atoms with Gasteiger partial charge in [0.1, 0.15) is 12.6 Å². The third kappa shape index (κ3) is 5.92. The van der Waals surface area contributed by atoms with Crippen LogP contribution in [0.15, 0.2) is 48.5 Å². The number of carboxylic acid groups (broad SMARTS) is 1. The molecule has 1 atom stereocenters. The van der Waals surface area contributed by atoms with E-state index in [1.54, 1.807) is 0 Å². The molecule has 0 saturated heterocycles. The van der Waals surface area contributed by atoms with Crippen molar-refractivity contribution < 1.29 is 29.0 Å². The molecule has 0 aromatic heterocycles. The summed E-state index contributed by atoms with van der Waals surface area (Å²) in [5.41, 5.74) is 4.23. The first-order chi connectivity index (χ1) is 16.3. The Bertz CT molecular complexity index is 1020. The fourth-order valence-corrected chi connectivity index (χ4v) is 4.04. The number of likely N-dealkylation sites (N-methyl/N-ethyl adjacent to an activating group) is 1. The molecule has 2 aromatic rings. The fraction of sp³-hybridized carbons (Fsp3) is 0.360. The van der Waals surface area contributed by atoms with Crippen molar-refractivity contribution in [3.8, 4) is 11.1 Å². The van der Waals surface area contributed by atoms with Gasteiger partial charge in [-0.3, -0.25) is 14.4 Å². The maximum absolute atomic E-state index is 12.7. The summed E-state index contributed by atoms with van der Waals surface area (Å²) in [4.78, 5) is 49.5. The number of rotatable bonds is 10. The van der Waals surface area contributed by atoms with E-state index < -0.39 is 30.4 Å². The zero-order chi connectivity index (χ0) is 24.7. The highest BCUT2D eigenvalue weighted by Gasteiger charge is 2.31. The zero-order valence-corrected chi connectivity index (χ0v) is 19.2. The number of benzene rings is 2.